The van der Waals surface area contributed by atoms with E-state index in [1.54, 1.807) is 61.7 Å². The van der Waals surface area contributed by atoms with Gasteiger partial charge in [-0.1, -0.05) is 18.2 Å². The summed E-state index contributed by atoms with van der Waals surface area (Å²) in [4.78, 5) is 12.0. The number of nitrogens with one attached hydrogen (secondary N) is 1. The van der Waals surface area contributed by atoms with Crippen LogP contribution in [0.2, 0.25) is 0 Å². The van der Waals surface area contributed by atoms with Crippen molar-refractivity contribution in [3.05, 3.63) is 76.3 Å². The highest BCUT2D eigenvalue weighted by Crippen LogP contribution is 2.13. The standard InChI is InChI=1S/C17H14N4O2S/c1-12-19-20-17(24)21(12)18-11-13-7-9-15(10-8-13)23-16(22)14-5-3-2-4-6-14/h2-11H,1H3,(H,20,24)/b18-11-. The number of hydrogen-bond donors (Lipinski definition) is 1. The first kappa shape index (κ1) is 15.8. The van der Waals surface area contributed by atoms with Crippen LogP contribution in [0.3, 0.4) is 0 Å². The molecule has 0 radical (unpaired) electrons. The fourth-order valence-corrected chi connectivity index (χ4v) is 2.22. The van der Waals surface area contributed by atoms with Crippen molar-refractivity contribution in [1.29, 1.82) is 0 Å². The molecule has 0 bridgehead atoms. The van der Waals surface area contributed by atoms with Crippen molar-refractivity contribution in [1.82, 2.24) is 14.9 Å². The highest BCUT2D eigenvalue weighted by molar-refractivity contribution is 7.71. The number of aromatic amines is 1. The second kappa shape index (κ2) is 7.01. The number of ether oxygens (including phenoxy) is 1. The Morgan fingerprint density at radius 1 is 1.21 bits per heavy atom. The number of H-pyrrole nitrogens is 1. The molecule has 0 saturated carbocycles. The van der Waals surface area contributed by atoms with Crippen LogP contribution in [0.25, 0.3) is 0 Å². The maximum Gasteiger partial charge on any atom is 0.343 e. The molecule has 0 aliphatic carbocycles. The summed E-state index contributed by atoms with van der Waals surface area (Å²) in [7, 11) is 0. The predicted octanol–water partition coefficient (Wildman–Crippen LogP) is 3.35. The molecule has 1 N–H and O–H groups in total. The number of carbonyl (C=O) groups excluding carboxylic acids is 1. The Morgan fingerprint density at radius 3 is 2.54 bits per heavy atom. The lowest BCUT2D eigenvalue weighted by atomic mass is 10.2. The molecule has 0 atom stereocenters. The number of rotatable bonds is 4. The summed E-state index contributed by atoms with van der Waals surface area (Å²) < 4.78 is 7.28. The zero-order valence-electron chi connectivity index (χ0n) is 12.8. The molecule has 0 aliphatic rings. The van der Waals surface area contributed by atoms with E-state index in [4.69, 9.17) is 17.0 Å². The van der Waals surface area contributed by atoms with E-state index in [1.807, 2.05) is 6.07 Å². The summed E-state index contributed by atoms with van der Waals surface area (Å²) in [5.41, 5.74) is 1.35. The Hall–Kier alpha value is -3.06. The Labute approximate surface area is 143 Å². The van der Waals surface area contributed by atoms with Crippen molar-refractivity contribution < 1.29 is 9.53 Å². The van der Waals surface area contributed by atoms with Gasteiger partial charge in [-0.2, -0.15) is 14.9 Å². The number of esters is 1. The number of nitrogens with zero attached hydrogens (tertiary/aromatic N) is 3. The van der Waals surface area contributed by atoms with E-state index in [0.717, 1.165) is 5.56 Å². The van der Waals surface area contributed by atoms with Gasteiger partial charge < -0.3 is 4.74 Å². The van der Waals surface area contributed by atoms with Crippen LogP contribution in [0.5, 0.6) is 5.75 Å². The minimum absolute atomic E-state index is 0.391. The van der Waals surface area contributed by atoms with Gasteiger partial charge in [-0.05, 0) is 61.1 Å². The van der Waals surface area contributed by atoms with Crippen molar-refractivity contribution in [3.63, 3.8) is 0 Å². The third kappa shape index (κ3) is 3.64. The zero-order chi connectivity index (χ0) is 16.9. The van der Waals surface area contributed by atoms with Gasteiger partial charge in [-0.25, -0.2) is 4.79 Å². The minimum atomic E-state index is -0.391. The molecule has 1 aromatic heterocycles. The number of carbonyl (C=O) groups is 1. The maximum absolute atomic E-state index is 12.0. The van der Waals surface area contributed by atoms with E-state index in [2.05, 4.69) is 15.3 Å². The second-order valence-electron chi connectivity index (χ2n) is 4.96. The summed E-state index contributed by atoms with van der Waals surface area (Å²) >= 11 is 5.08. The molecule has 3 rings (SSSR count). The van der Waals surface area contributed by atoms with E-state index < -0.39 is 5.97 Å². The van der Waals surface area contributed by atoms with Gasteiger partial charge in [0.05, 0.1) is 11.8 Å². The Morgan fingerprint density at radius 2 is 1.92 bits per heavy atom. The summed E-state index contributed by atoms with van der Waals surface area (Å²) in [6.45, 7) is 1.80. The SMILES string of the molecule is Cc1n[nH]c(=S)n1/N=C\c1ccc(OC(=O)c2ccccc2)cc1. The highest BCUT2D eigenvalue weighted by atomic mass is 32.1. The van der Waals surface area contributed by atoms with Crippen LogP contribution < -0.4 is 4.74 Å². The topological polar surface area (TPSA) is 72.3 Å². The van der Waals surface area contributed by atoms with E-state index in [-0.39, 0.29) is 0 Å². The number of hydrogen-bond acceptors (Lipinski definition) is 5. The monoisotopic (exact) mass is 338 g/mol. The number of aromatic nitrogens is 3. The maximum atomic E-state index is 12.0. The first-order valence-corrected chi connectivity index (χ1v) is 7.60. The average molecular weight is 338 g/mol. The Balaban J connectivity index is 1.70. The van der Waals surface area contributed by atoms with E-state index in [1.165, 1.54) is 4.68 Å². The van der Waals surface area contributed by atoms with Crippen molar-refractivity contribution in [3.8, 4) is 5.75 Å². The molecule has 0 saturated heterocycles. The van der Waals surface area contributed by atoms with E-state index in [9.17, 15) is 4.79 Å². The largest absolute Gasteiger partial charge is 0.423 e. The van der Waals surface area contributed by atoms with Crippen LogP contribution >= 0.6 is 12.2 Å². The molecule has 0 unspecified atom stereocenters. The van der Waals surface area contributed by atoms with E-state index in [0.29, 0.717) is 21.9 Å². The normalized spacial score (nSPS) is 10.9. The predicted molar refractivity (Wildman–Crippen MR) is 93.0 cm³/mol. The smallest absolute Gasteiger partial charge is 0.343 e. The van der Waals surface area contributed by atoms with Gasteiger partial charge in [0.1, 0.15) is 11.6 Å². The van der Waals surface area contributed by atoms with Gasteiger partial charge >= 0.3 is 5.97 Å². The van der Waals surface area contributed by atoms with Gasteiger partial charge in [-0.3, -0.25) is 5.10 Å². The van der Waals surface area contributed by atoms with Crippen LogP contribution in [0.4, 0.5) is 0 Å². The van der Waals surface area contributed by atoms with Crippen molar-refractivity contribution in [2.75, 3.05) is 0 Å². The zero-order valence-corrected chi connectivity index (χ0v) is 13.7. The lowest BCUT2D eigenvalue weighted by molar-refractivity contribution is 0.0735. The first-order valence-electron chi connectivity index (χ1n) is 7.19. The highest BCUT2D eigenvalue weighted by Gasteiger charge is 2.07. The van der Waals surface area contributed by atoms with Gasteiger partial charge in [0.25, 0.3) is 0 Å². The summed E-state index contributed by atoms with van der Waals surface area (Å²) in [5.74, 6) is 0.749. The lowest BCUT2D eigenvalue weighted by Gasteiger charge is -2.04. The van der Waals surface area contributed by atoms with Crippen molar-refractivity contribution in [2.24, 2.45) is 5.10 Å². The fourth-order valence-electron chi connectivity index (χ4n) is 1.99. The quantitative estimate of drug-likeness (QED) is 0.343. The van der Waals surface area contributed by atoms with Gasteiger partial charge in [-0.15, -0.1) is 0 Å². The van der Waals surface area contributed by atoms with E-state index >= 15 is 0 Å². The van der Waals surface area contributed by atoms with Crippen LogP contribution in [0.15, 0.2) is 59.7 Å². The Kier molecular flexibility index (Phi) is 4.62. The molecule has 7 heteroatoms. The molecule has 2 aromatic carbocycles. The minimum Gasteiger partial charge on any atom is -0.423 e. The molecular weight excluding hydrogens is 324 g/mol. The fraction of sp³-hybridized carbons (Fsp3) is 0.0588. The van der Waals surface area contributed by atoms with Crippen LogP contribution in [-0.2, 0) is 0 Å². The summed E-state index contributed by atoms with van der Waals surface area (Å²) in [6, 6.07) is 15.9. The molecule has 6 nitrogen and oxygen atoms in total. The van der Waals surface area contributed by atoms with Gasteiger partial charge in [0.15, 0.2) is 0 Å². The molecule has 0 aliphatic heterocycles. The third-order valence-electron chi connectivity index (χ3n) is 3.23. The summed E-state index contributed by atoms with van der Waals surface area (Å²) in [6.07, 6.45) is 1.65. The molecule has 1 heterocycles. The molecule has 0 spiro atoms. The number of benzene rings is 2. The lowest BCUT2D eigenvalue weighted by Crippen LogP contribution is -2.08. The van der Waals surface area contributed by atoms with Gasteiger partial charge in [0, 0.05) is 0 Å². The molecule has 120 valence electrons. The first-order chi connectivity index (χ1) is 11.6. The molecule has 0 fully saturated rings. The molecule has 0 amide bonds. The van der Waals surface area contributed by atoms with Crippen LogP contribution in [0, 0.1) is 11.7 Å². The second-order valence-corrected chi connectivity index (χ2v) is 5.34. The molecule has 24 heavy (non-hydrogen) atoms. The third-order valence-corrected chi connectivity index (χ3v) is 3.50. The molecular formula is C17H14N4O2S. The molecule has 3 aromatic rings. The van der Waals surface area contributed by atoms with Crippen LogP contribution in [0.1, 0.15) is 21.7 Å². The van der Waals surface area contributed by atoms with Crippen molar-refractivity contribution in [2.45, 2.75) is 6.92 Å². The average Bonchev–Trinajstić information content (AvgIpc) is 2.93. The van der Waals surface area contributed by atoms with Gasteiger partial charge in [0.2, 0.25) is 4.77 Å². The number of aryl methyl sites for hydroxylation is 1. The summed E-state index contributed by atoms with van der Waals surface area (Å²) in [5, 5.41) is 10.9. The van der Waals surface area contributed by atoms with Crippen LogP contribution in [-0.4, -0.2) is 27.1 Å². The Bertz CT molecular complexity index is 927. The van der Waals surface area contributed by atoms with Crippen molar-refractivity contribution >= 4 is 24.4 Å².